The maximum Gasteiger partial charge on any atom is 0.0541 e. The summed E-state index contributed by atoms with van der Waals surface area (Å²) in [6.07, 6.45) is 0. The van der Waals surface area contributed by atoms with Crippen LogP contribution in [-0.2, 0) is 0 Å². The highest BCUT2D eigenvalue weighted by Gasteiger charge is 2.19. The summed E-state index contributed by atoms with van der Waals surface area (Å²) in [6.45, 7) is 0. The summed E-state index contributed by atoms with van der Waals surface area (Å²) in [5.74, 6) is 0. The molecule has 0 radical (unpaired) electrons. The third kappa shape index (κ3) is 6.82. The van der Waals surface area contributed by atoms with Crippen LogP contribution >= 0.6 is 0 Å². The number of nitrogens with zero attached hydrogens (tertiary/aromatic N) is 3. The molecule has 2 aromatic heterocycles. The highest BCUT2D eigenvalue weighted by atomic mass is 15.1. The third-order valence-corrected chi connectivity index (χ3v) is 14.4. The minimum Gasteiger partial charge on any atom is -0.311 e. The van der Waals surface area contributed by atoms with Crippen molar-refractivity contribution in [2.24, 2.45) is 0 Å². The molecule has 14 aromatic rings. The van der Waals surface area contributed by atoms with E-state index < -0.39 is 0 Å². The van der Waals surface area contributed by atoms with Crippen LogP contribution in [0.25, 0.3) is 110 Å². The first-order valence-corrected chi connectivity index (χ1v) is 24.4. The molecule has 332 valence electrons. The van der Waals surface area contributed by atoms with Crippen molar-refractivity contribution in [2.75, 3.05) is 4.90 Å². The standard InChI is InChI=1S/C68H45N3/c1-3-21-54(22-4-1)69(55-23-5-2-6-24-55)56-37-33-46(34-38-56)51-41-52(49-35-39-67-61(44-49)59-27-11-13-29-65(59)70(67)63-31-15-19-47-17-7-9-25-57(47)63)43-53(42-51)50-36-40-68-62(45-50)60-28-12-14-30-66(60)71(68)64-32-16-20-48-18-8-10-26-58(48)64/h1-45H. The fourth-order valence-electron chi connectivity index (χ4n) is 11.2. The number of hydrogen-bond acceptors (Lipinski definition) is 1. The summed E-state index contributed by atoms with van der Waals surface area (Å²) in [5.41, 5.74) is 17.5. The molecule has 0 aliphatic rings. The number of rotatable bonds is 8. The maximum atomic E-state index is 2.44. The van der Waals surface area contributed by atoms with Crippen molar-refractivity contribution in [1.82, 2.24) is 9.13 Å². The van der Waals surface area contributed by atoms with Gasteiger partial charge in [0.05, 0.1) is 33.4 Å². The summed E-state index contributed by atoms with van der Waals surface area (Å²) in [4.78, 5) is 2.32. The van der Waals surface area contributed by atoms with Gasteiger partial charge in [0.2, 0.25) is 0 Å². The van der Waals surface area contributed by atoms with Gasteiger partial charge >= 0.3 is 0 Å². The van der Waals surface area contributed by atoms with Gasteiger partial charge < -0.3 is 14.0 Å². The Morgan fingerprint density at radius 3 is 1.04 bits per heavy atom. The van der Waals surface area contributed by atoms with E-state index in [2.05, 4.69) is 287 Å². The molecular weight excluding hydrogens is 859 g/mol. The number of hydrogen-bond donors (Lipinski definition) is 0. The molecule has 0 fully saturated rings. The average molecular weight is 904 g/mol. The topological polar surface area (TPSA) is 13.1 Å². The van der Waals surface area contributed by atoms with E-state index in [0.717, 1.165) is 28.2 Å². The lowest BCUT2D eigenvalue weighted by Crippen LogP contribution is -2.09. The van der Waals surface area contributed by atoms with E-state index in [4.69, 9.17) is 0 Å². The second kappa shape index (κ2) is 16.7. The van der Waals surface area contributed by atoms with E-state index in [-0.39, 0.29) is 0 Å². The lowest BCUT2D eigenvalue weighted by molar-refractivity contribution is 1.20. The van der Waals surface area contributed by atoms with Crippen LogP contribution < -0.4 is 4.90 Å². The predicted molar refractivity (Wildman–Crippen MR) is 301 cm³/mol. The SMILES string of the molecule is c1ccc(N(c2ccccc2)c2ccc(-c3cc(-c4ccc5c(c4)c4ccccc4n5-c4cccc5ccccc45)cc(-c4ccc5c(c4)c4ccccc4n5-c4cccc5ccccc45)c3)cc2)cc1. The van der Waals surface area contributed by atoms with Crippen molar-refractivity contribution in [2.45, 2.75) is 0 Å². The Morgan fingerprint density at radius 1 is 0.211 bits per heavy atom. The Kier molecular flexibility index (Phi) is 9.53. The third-order valence-electron chi connectivity index (χ3n) is 14.4. The monoisotopic (exact) mass is 903 g/mol. The number of para-hydroxylation sites is 4. The molecule has 0 bridgehead atoms. The van der Waals surface area contributed by atoms with Gasteiger partial charge in [-0.25, -0.2) is 0 Å². The molecule has 14 rings (SSSR count). The first-order chi connectivity index (χ1) is 35.2. The van der Waals surface area contributed by atoms with E-state index in [1.165, 1.54) is 98.8 Å². The number of aromatic nitrogens is 2. The summed E-state index contributed by atoms with van der Waals surface area (Å²) in [5, 5.41) is 9.86. The van der Waals surface area contributed by atoms with Gasteiger partial charge in [-0.05, 0) is 147 Å². The number of benzene rings is 12. The van der Waals surface area contributed by atoms with E-state index in [1.807, 2.05) is 0 Å². The molecule has 12 aromatic carbocycles. The second-order valence-electron chi connectivity index (χ2n) is 18.5. The number of fused-ring (bicyclic) bond motifs is 8. The molecule has 3 nitrogen and oxygen atoms in total. The van der Waals surface area contributed by atoms with Crippen molar-refractivity contribution in [3.05, 3.63) is 273 Å². The van der Waals surface area contributed by atoms with Crippen molar-refractivity contribution in [3.63, 3.8) is 0 Å². The zero-order valence-corrected chi connectivity index (χ0v) is 38.8. The van der Waals surface area contributed by atoms with Crippen molar-refractivity contribution in [3.8, 4) is 44.8 Å². The molecule has 0 atom stereocenters. The molecule has 0 unspecified atom stereocenters. The van der Waals surface area contributed by atoms with Crippen molar-refractivity contribution >= 4 is 82.2 Å². The van der Waals surface area contributed by atoms with E-state index in [1.54, 1.807) is 0 Å². The fourth-order valence-corrected chi connectivity index (χ4v) is 11.2. The van der Waals surface area contributed by atoms with Crippen LogP contribution in [0.1, 0.15) is 0 Å². The fraction of sp³-hybridized carbons (Fsp3) is 0. The van der Waals surface area contributed by atoms with Crippen LogP contribution in [0.3, 0.4) is 0 Å². The molecule has 0 saturated heterocycles. The van der Waals surface area contributed by atoms with Gasteiger partial charge in [-0.15, -0.1) is 0 Å². The Balaban J connectivity index is 0.956. The van der Waals surface area contributed by atoms with Crippen LogP contribution in [0, 0.1) is 0 Å². The van der Waals surface area contributed by atoms with Gasteiger partial charge in [0.1, 0.15) is 0 Å². The summed E-state index contributed by atoms with van der Waals surface area (Å²) in [7, 11) is 0. The average Bonchev–Trinajstić information content (AvgIpc) is 3.95. The van der Waals surface area contributed by atoms with Gasteiger partial charge in [0.25, 0.3) is 0 Å². The molecule has 3 heteroatoms. The highest BCUT2D eigenvalue weighted by Crippen LogP contribution is 2.42. The molecule has 0 saturated carbocycles. The predicted octanol–water partition coefficient (Wildman–Crippen LogP) is 18.7. The van der Waals surface area contributed by atoms with Gasteiger partial charge in [0.15, 0.2) is 0 Å². The highest BCUT2D eigenvalue weighted by molar-refractivity contribution is 6.13. The minimum absolute atomic E-state index is 1.10. The lowest BCUT2D eigenvalue weighted by atomic mass is 9.92. The lowest BCUT2D eigenvalue weighted by Gasteiger charge is -2.25. The van der Waals surface area contributed by atoms with E-state index in [0.29, 0.717) is 0 Å². The molecule has 0 amide bonds. The first-order valence-electron chi connectivity index (χ1n) is 24.4. The minimum atomic E-state index is 1.10. The Morgan fingerprint density at radius 2 is 0.563 bits per heavy atom. The van der Waals surface area contributed by atoms with Crippen molar-refractivity contribution < 1.29 is 0 Å². The van der Waals surface area contributed by atoms with Crippen LogP contribution in [0.15, 0.2) is 273 Å². The molecule has 0 spiro atoms. The second-order valence-corrected chi connectivity index (χ2v) is 18.5. The van der Waals surface area contributed by atoms with Crippen LogP contribution in [0.4, 0.5) is 17.1 Å². The largest absolute Gasteiger partial charge is 0.311 e. The quantitative estimate of drug-likeness (QED) is 0.148. The molecular formula is C68H45N3. The molecule has 0 N–H and O–H groups in total. The molecule has 0 aliphatic carbocycles. The zero-order valence-electron chi connectivity index (χ0n) is 38.8. The smallest absolute Gasteiger partial charge is 0.0541 e. The Labute approximate surface area is 412 Å². The van der Waals surface area contributed by atoms with Crippen molar-refractivity contribution in [1.29, 1.82) is 0 Å². The summed E-state index contributed by atoms with van der Waals surface area (Å²) < 4.78 is 4.89. The molecule has 71 heavy (non-hydrogen) atoms. The Hall–Kier alpha value is -9.44. The van der Waals surface area contributed by atoms with E-state index >= 15 is 0 Å². The van der Waals surface area contributed by atoms with Gasteiger partial charge in [-0.3, -0.25) is 0 Å². The van der Waals surface area contributed by atoms with E-state index in [9.17, 15) is 0 Å². The zero-order chi connectivity index (χ0) is 46.8. The molecule has 2 heterocycles. The maximum absolute atomic E-state index is 2.44. The Bertz CT molecular complexity index is 4070. The van der Waals surface area contributed by atoms with Gasteiger partial charge in [-0.1, -0.05) is 170 Å². The normalized spacial score (nSPS) is 11.7. The first kappa shape index (κ1) is 40.6. The molecule has 0 aliphatic heterocycles. The van der Waals surface area contributed by atoms with Gasteiger partial charge in [0, 0.05) is 49.4 Å². The van der Waals surface area contributed by atoms with Gasteiger partial charge in [-0.2, -0.15) is 0 Å². The number of anilines is 3. The summed E-state index contributed by atoms with van der Waals surface area (Å²) in [6, 6.07) is 99.8. The summed E-state index contributed by atoms with van der Waals surface area (Å²) >= 11 is 0. The van der Waals surface area contributed by atoms with Crippen LogP contribution in [0.5, 0.6) is 0 Å². The van der Waals surface area contributed by atoms with Crippen LogP contribution in [0.2, 0.25) is 0 Å². The van der Waals surface area contributed by atoms with Crippen LogP contribution in [-0.4, -0.2) is 9.13 Å².